The van der Waals surface area contributed by atoms with Gasteiger partial charge in [-0.15, -0.1) is 0 Å². The van der Waals surface area contributed by atoms with Crippen LogP contribution in [0.15, 0.2) is 47.4 Å². The molecule has 7 heteroatoms. The van der Waals surface area contributed by atoms with Crippen LogP contribution in [0.25, 0.3) is 0 Å². The Kier molecular flexibility index (Phi) is 5.06. The zero-order valence-electron chi connectivity index (χ0n) is 13.8. The molecular formula is C18H20ClNO4S. The Bertz CT molecular complexity index is 884. The smallest absolute Gasteiger partial charge is 0.242 e. The van der Waals surface area contributed by atoms with Crippen LogP contribution in [0.2, 0.25) is 5.02 Å². The third-order valence-corrected chi connectivity index (χ3v) is 6.43. The number of methoxy groups -OCH3 is 1. The van der Waals surface area contributed by atoms with Crippen LogP contribution in [0, 0.1) is 0 Å². The highest BCUT2D eigenvalue weighted by atomic mass is 35.5. The number of aryl methyl sites for hydroxylation is 1. The summed E-state index contributed by atoms with van der Waals surface area (Å²) in [6, 6.07) is 11.7. The third kappa shape index (κ3) is 3.67. The molecule has 0 heterocycles. The first-order valence-corrected chi connectivity index (χ1v) is 9.86. The minimum atomic E-state index is -3.81. The van der Waals surface area contributed by atoms with Crippen LogP contribution in [0.4, 0.5) is 0 Å². The number of sulfonamides is 1. The number of aliphatic hydroxyl groups is 1. The Morgan fingerprint density at radius 3 is 2.76 bits per heavy atom. The number of nitrogens with one attached hydrogen (secondary N) is 1. The molecule has 3 rings (SSSR count). The second kappa shape index (κ2) is 6.96. The second-order valence-corrected chi connectivity index (χ2v) is 8.31. The Labute approximate surface area is 152 Å². The number of benzene rings is 2. The Morgan fingerprint density at radius 2 is 2.04 bits per heavy atom. The maximum Gasteiger partial charge on any atom is 0.242 e. The molecule has 1 atom stereocenters. The molecule has 0 saturated heterocycles. The molecule has 2 aromatic rings. The predicted octanol–water partition coefficient (Wildman–Crippen LogP) is 2.85. The average molecular weight is 382 g/mol. The van der Waals surface area contributed by atoms with E-state index >= 15 is 0 Å². The summed E-state index contributed by atoms with van der Waals surface area (Å²) in [4.78, 5) is 0.00558. The number of halogens is 1. The molecule has 25 heavy (non-hydrogen) atoms. The van der Waals surface area contributed by atoms with Gasteiger partial charge in [0.2, 0.25) is 10.0 Å². The van der Waals surface area contributed by atoms with Gasteiger partial charge in [-0.25, -0.2) is 13.1 Å². The van der Waals surface area contributed by atoms with Crippen LogP contribution in [-0.4, -0.2) is 27.2 Å². The summed E-state index contributed by atoms with van der Waals surface area (Å²) < 4.78 is 32.8. The summed E-state index contributed by atoms with van der Waals surface area (Å²) in [6.45, 7) is -0.111. The SMILES string of the molecule is COc1ccc2c(c1)CCCC2(O)CNS(=O)(=O)c1ccccc1Cl. The van der Waals surface area contributed by atoms with Crippen molar-refractivity contribution in [1.82, 2.24) is 4.72 Å². The van der Waals surface area contributed by atoms with Crippen molar-refractivity contribution in [3.63, 3.8) is 0 Å². The van der Waals surface area contributed by atoms with Crippen molar-refractivity contribution < 1.29 is 18.3 Å². The van der Waals surface area contributed by atoms with Gasteiger partial charge in [0.05, 0.1) is 12.1 Å². The quantitative estimate of drug-likeness (QED) is 0.835. The zero-order chi connectivity index (χ0) is 18.1. The fourth-order valence-corrected chi connectivity index (χ4v) is 4.81. The zero-order valence-corrected chi connectivity index (χ0v) is 15.4. The first kappa shape index (κ1) is 18.2. The van der Waals surface area contributed by atoms with Crippen LogP contribution in [0.3, 0.4) is 0 Å². The fourth-order valence-electron chi connectivity index (χ4n) is 3.20. The topological polar surface area (TPSA) is 75.6 Å². The normalized spacial score (nSPS) is 20.1. The minimum absolute atomic E-state index is 0.00558. The second-order valence-electron chi connectivity index (χ2n) is 6.16. The largest absolute Gasteiger partial charge is 0.497 e. The summed E-state index contributed by atoms with van der Waals surface area (Å²) in [6.07, 6.45) is 2.08. The molecule has 0 bridgehead atoms. The first-order valence-electron chi connectivity index (χ1n) is 8.00. The van der Waals surface area contributed by atoms with Crippen LogP contribution >= 0.6 is 11.6 Å². The Morgan fingerprint density at radius 1 is 1.28 bits per heavy atom. The summed E-state index contributed by atoms with van der Waals surface area (Å²) in [5.41, 5.74) is 0.459. The van der Waals surface area contributed by atoms with E-state index in [2.05, 4.69) is 4.72 Å². The first-order chi connectivity index (χ1) is 11.9. The van der Waals surface area contributed by atoms with E-state index in [1.165, 1.54) is 12.1 Å². The molecule has 0 amide bonds. The van der Waals surface area contributed by atoms with Crippen molar-refractivity contribution in [2.24, 2.45) is 0 Å². The van der Waals surface area contributed by atoms with E-state index in [1.54, 1.807) is 31.4 Å². The van der Waals surface area contributed by atoms with Crippen molar-refractivity contribution in [1.29, 1.82) is 0 Å². The standard InChI is InChI=1S/C18H20ClNO4S/c1-24-14-8-9-15-13(11-14)5-4-10-18(15,21)12-20-25(22,23)17-7-3-2-6-16(17)19/h2-3,6-9,11,20-21H,4-5,10,12H2,1H3. The fraction of sp³-hybridized carbons (Fsp3) is 0.333. The van der Waals surface area contributed by atoms with Crippen LogP contribution < -0.4 is 9.46 Å². The van der Waals surface area contributed by atoms with E-state index in [4.69, 9.17) is 16.3 Å². The Hall–Kier alpha value is -1.60. The van der Waals surface area contributed by atoms with Crippen LogP contribution in [-0.2, 0) is 22.0 Å². The van der Waals surface area contributed by atoms with Crippen molar-refractivity contribution >= 4 is 21.6 Å². The summed E-state index contributed by atoms with van der Waals surface area (Å²) >= 11 is 5.98. The summed E-state index contributed by atoms with van der Waals surface area (Å²) in [5, 5.41) is 11.2. The van der Waals surface area contributed by atoms with E-state index in [1.807, 2.05) is 6.07 Å². The van der Waals surface area contributed by atoms with E-state index < -0.39 is 15.6 Å². The van der Waals surface area contributed by atoms with Gasteiger partial charge in [-0.3, -0.25) is 0 Å². The maximum atomic E-state index is 12.5. The number of fused-ring (bicyclic) bond motifs is 1. The van der Waals surface area contributed by atoms with E-state index in [9.17, 15) is 13.5 Å². The van der Waals surface area contributed by atoms with Crippen molar-refractivity contribution in [3.8, 4) is 5.75 Å². The lowest BCUT2D eigenvalue weighted by molar-refractivity contribution is 0.0242. The average Bonchev–Trinajstić information content (AvgIpc) is 2.60. The summed E-state index contributed by atoms with van der Waals surface area (Å²) in [5.74, 6) is 0.722. The third-order valence-electron chi connectivity index (χ3n) is 4.53. The van der Waals surface area contributed by atoms with Crippen molar-refractivity contribution in [2.45, 2.75) is 29.8 Å². The number of hydrogen-bond donors (Lipinski definition) is 2. The lowest BCUT2D eigenvalue weighted by Gasteiger charge is -2.34. The van der Waals surface area contributed by atoms with E-state index in [0.29, 0.717) is 6.42 Å². The number of rotatable bonds is 5. The predicted molar refractivity (Wildman–Crippen MR) is 96.5 cm³/mol. The van der Waals surface area contributed by atoms with E-state index in [0.717, 1.165) is 29.7 Å². The number of ether oxygens (including phenoxy) is 1. The van der Waals surface area contributed by atoms with E-state index in [-0.39, 0.29) is 16.5 Å². The molecule has 1 aliphatic carbocycles. The summed E-state index contributed by atoms with van der Waals surface area (Å²) in [7, 11) is -2.22. The molecule has 1 unspecified atom stereocenters. The number of hydrogen-bond acceptors (Lipinski definition) is 4. The molecule has 134 valence electrons. The van der Waals surface area contributed by atoms with Gasteiger partial charge in [-0.1, -0.05) is 29.8 Å². The molecule has 0 spiro atoms. The van der Waals surface area contributed by atoms with Gasteiger partial charge in [0, 0.05) is 6.54 Å². The molecule has 0 saturated carbocycles. The molecule has 0 aliphatic heterocycles. The highest BCUT2D eigenvalue weighted by molar-refractivity contribution is 7.89. The molecule has 0 aromatic heterocycles. The molecule has 0 fully saturated rings. The Balaban J connectivity index is 1.85. The van der Waals surface area contributed by atoms with Gasteiger partial charge in [-0.2, -0.15) is 0 Å². The monoisotopic (exact) mass is 381 g/mol. The van der Waals surface area contributed by atoms with Crippen molar-refractivity contribution in [2.75, 3.05) is 13.7 Å². The molecule has 0 radical (unpaired) electrons. The van der Waals surface area contributed by atoms with Crippen LogP contribution in [0.5, 0.6) is 5.75 Å². The highest BCUT2D eigenvalue weighted by Gasteiger charge is 2.36. The molecule has 2 N–H and O–H groups in total. The van der Waals surface area contributed by atoms with Gasteiger partial charge in [0.15, 0.2) is 0 Å². The maximum absolute atomic E-state index is 12.5. The minimum Gasteiger partial charge on any atom is -0.497 e. The molecule has 2 aromatic carbocycles. The molecule has 1 aliphatic rings. The van der Waals surface area contributed by atoms with Crippen molar-refractivity contribution in [3.05, 3.63) is 58.6 Å². The van der Waals surface area contributed by atoms with Gasteiger partial charge >= 0.3 is 0 Å². The highest BCUT2D eigenvalue weighted by Crippen LogP contribution is 2.37. The van der Waals surface area contributed by atoms with Crippen LogP contribution in [0.1, 0.15) is 24.0 Å². The lowest BCUT2D eigenvalue weighted by atomic mass is 9.79. The molecule has 5 nitrogen and oxygen atoms in total. The van der Waals surface area contributed by atoms with Gasteiger partial charge < -0.3 is 9.84 Å². The lowest BCUT2D eigenvalue weighted by Crippen LogP contribution is -2.43. The molecular weight excluding hydrogens is 362 g/mol. The van der Waals surface area contributed by atoms with Gasteiger partial charge in [0.25, 0.3) is 0 Å². The van der Waals surface area contributed by atoms with Gasteiger partial charge in [-0.05, 0) is 54.7 Å². The van der Waals surface area contributed by atoms with Gasteiger partial charge in [0.1, 0.15) is 16.2 Å².